The van der Waals surface area contributed by atoms with E-state index in [1.54, 1.807) is 37.4 Å². The predicted molar refractivity (Wildman–Crippen MR) is 106 cm³/mol. The van der Waals surface area contributed by atoms with Crippen LogP contribution in [-0.4, -0.2) is 59.7 Å². The summed E-state index contributed by atoms with van der Waals surface area (Å²) in [5.41, 5.74) is 0. The monoisotopic (exact) mass is 403 g/mol. The number of benzene rings is 1. The quantitative estimate of drug-likeness (QED) is 0.475. The third-order valence-electron chi connectivity index (χ3n) is 3.88. The second kappa shape index (κ2) is 9.91. The maximum absolute atomic E-state index is 12.5. The largest absolute Gasteiger partial charge is 0.354 e. The molecular weight excluding hydrogens is 374 g/mol. The topological polar surface area (TPSA) is 105 Å². The van der Waals surface area contributed by atoms with Gasteiger partial charge in [-0.05, 0) is 31.9 Å². The summed E-state index contributed by atoms with van der Waals surface area (Å²) in [5.74, 6) is 0.491. The van der Waals surface area contributed by atoms with Crippen molar-refractivity contribution >= 4 is 25.6 Å². The molecule has 0 spiro atoms. The molecule has 148 valence electrons. The Labute approximate surface area is 157 Å². The van der Waals surface area contributed by atoms with Crippen molar-refractivity contribution in [3.63, 3.8) is 0 Å². The van der Waals surface area contributed by atoms with Gasteiger partial charge in [0.25, 0.3) is 0 Å². The highest BCUT2D eigenvalue weighted by molar-refractivity contribution is 7.91. The molecule has 2 unspecified atom stereocenters. The normalized spacial score (nSPS) is 15.3. The minimum atomic E-state index is -3.41. The van der Waals surface area contributed by atoms with Gasteiger partial charge in [0, 0.05) is 25.4 Å². The van der Waals surface area contributed by atoms with Gasteiger partial charge in [-0.1, -0.05) is 25.1 Å². The van der Waals surface area contributed by atoms with Crippen molar-refractivity contribution in [3.05, 3.63) is 30.3 Å². The molecule has 1 aromatic rings. The first-order valence-electron chi connectivity index (χ1n) is 8.52. The van der Waals surface area contributed by atoms with Gasteiger partial charge in [0.05, 0.1) is 16.4 Å². The number of nitrogens with zero attached hydrogens (tertiary/aromatic N) is 1. The zero-order chi connectivity index (χ0) is 19.8. The smallest absolute Gasteiger partial charge is 0.191 e. The molecule has 0 heterocycles. The average Bonchev–Trinajstić information content (AvgIpc) is 2.58. The Kier molecular flexibility index (Phi) is 8.55. The van der Waals surface area contributed by atoms with E-state index in [0.717, 1.165) is 0 Å². The lowest BCUT2D eigenvalue weighted by atomic mass is 10.2. The molecule has 0 bridgehead atoms. The summed E-state index contributed by atoms with van der Waals surface area (Å²) in [6, 6.07) is 7.92. The van der Waals surface area contributed by atoms with Gasteiger partial charge in [-0.3, -0.25) is 4.99 Å². The van der Waals surface area contributed by atoms with Crippen molar-refractivity contribution in [1.29, 1.82) is 0 Å². The fourth-order valence-electron chi connectivity index (χ4n) is 2.31. The first-order chi connectivity index (χ1) is 12.1. The minimum absolute atomic E-state index is 0.0497. The third-order valence-corrected chi connectivity index (χ3v) is 6.69. The van der Waals surface area contributed by atoms with Crippen molar-refractivity contribution in [2.45, 2.75) is 43.7 Å². The summed E-state index contributed by atoms with van der Waals surface area (Å²) in [7, 11) is -4.84. The van der Waals surface area contributed by atoms with Gasteiger partial charge in [-0.15, -0.1) is 0 Å². The van der Waals surface area contributed by atoms with Gasteiger partial charge in [-0.25, -0.2) is 16.8 Å². The van der Waals surface area contributed by atoms with E-state index < -0.39 is 19.7 Å². The number of aliphatic imine (C=N–C) groups is 1. The van der Waals surface area contributed by atoms with Crippen LogP contribution in [0, 0.1) is 0 Å². The molecule has 1 rings (SSSR count). The molecule has 2 N–H and O–H groups in total. The van der Waals surface area contributed by atoms with Gasteiger partial charge in [0.2, 0.25) is 0 Å². The Hall–Kier alpha value is -1.61. The van der Waals surface area contributed by atoms with Gasteiger partial charge in [0.1, 0.15) is 9.84 Å². The molecule has 1 aromatic carbocycles. The van der Waals surface area contributed by atoms with Crippen molar-refractivity contribution in [2.75, 3.05) is 24.8 Å². The second-order valence-corrected chi connectivity index (χ2v) is 10.7. The Morgan fingerprint density at radius 2 is 1.73 bits per heavy atom. The summed E-state index contributed by atoms with van der Waals surface area (Å²) in [6.45, 7) is 3.76. The molecule has 0 aromatic heterocycles. The SMILES string of the molecule is CCC(CS(=O)(=O)c1ccccc1)NC(=NC)NC(C)CCS(C)(=O)=O. The Balaban J connectivity index is 2.70. The van der Waals surface area contributed by atoms with Gasteiger partial charge in [-0.2, -0.15) is 0 Å². The molecule has 9 heteroatoms. The van der Waals surface area contributed by atoms with Crippen molar-refractivity contribution in [1.82, 2.24) is 10.6 Å². The fraction of sp³-hybridized carbons (Fsp3) is 0.588. The molecule has 0 aliphatic heterocycles. The molecule has 0 amide bonds. The fourth-order valence-corrected chi connectivity index (χ4v) is 4.71. The van der Waals surface area contributed by atoms with Crippen LogP contribution in [0.3, 0.4) is 0 Å². The van der Waals surface area contributed by atoms with Crippen LogP contribution in [0.15, 0.2) is 40.2 Å². The lowest BCUT2D eigenvalue weighted by Gasteiger charge is -2.23. The van der Waals surface area contributed by atoms with Gasteiger partial charge >= 0.3 is 0 Å². The highest BCUT2D eigenvalue weighted by Crippen LogP contribution is 2.12. The van der Waals surface area contributed by atoms with Gasteiger partial charge in [0.15, 0.2) is 15.8 Å². The molecule has 26 heavy (non-hydrogen) atoms. The molecule has 0 saturated carbocycles. The molecule has 0 saturated heterocycles. The Morgan fingerprint density at radius 1 is 1.12 bits per heavy atom. The number of hydrogen-bond donors (Lipinski definition) is 2. The number of guanidine groups is 1. The van der Waals surface area contributed by atoms with E-state index in [1.807, 2.05) is 13.8 Å². The zero-order valence-corrected chi connectivity index (χ0v) is 17.4. The van der Waals surface area contributed by atoms with Crippen LogP contribution in [0.5, 0.6) is 0 Å². The summed E-state index contributed by atoms with van der Waals surface area (Å²) >= 11 is 0. The molecule has 7 nitrogen and oxygen atoms in total. The van der Waals surface area contributed by atoms with E-state index in [1.165, 1.54) is 6.26 Å². The molecule has 2 atom stereocenters. The summed E-state index contributed by atoms with van der Waals surface area (Å²) in [6.07, 6.45) is 2.25. The Bertz CT molecular complexity index is 791. The molecule has 0 fully saturated rings. The van der Waals surface area contributed by atoms with Crippen LogP contribution in [0.25, 0.3) is 0 Å². The molecule has 0 aliphatic carbocycles. The summed E-state index contributed by atoms with van der Waals surface area (Å²) in [4.78, 5) is 4.41. The predicted octanol–water partition coefficient (Wildman–Crippen LogP) is 1.23. The lowest BCUT2D eigenvalue weighted by Crippen LogP contribution is -2.48. The molecule has 0 aliphatic rings. The highest BCUT2D eigenvalue weighted by Gasteiger charge is 2.21. The maximum atomic E-state index is 12.5. The Morgan fingerprint density at radius 3 is 2.23 bits per heavy atom. The minimum Gasteiger partial charge on any atom is -0.354 e. The maximum Gasteiger partial charge on any atom is 0.191 e. The standard InChI is InChI=1S/C17H29N3O4S2/c1-5-15(13-26(23,24)16-9-7-6-8-10-16)20-17(18-3)19-14(2)11-12-25(4,21)22/h6-10,14-15H,5,11-13H2,1-4H3,(H2,18,19,20). The lowest BCUT2D eigenvalue weighted by molar-refractivity contribution is 0.556. The first-order valence-corrected chi connectivity index (χ1v) is 12.2. The highest BCUT2D eigenvalue weighted by atomic mass is 32.2. The van der Waals surface area contributed by atoms with Crippen LogP contribution in [-0.2, 0) is 19.7 Å². The number of rotatable bonds is 9. The number of nitrogens with one attached hydrogen (secondary N) is 2. The van der Waals surface area contributed by atoms with Crippen LogP contribution in [0.2, 0.25) is 0 Å². The molecular formula is C17H29N3O4S2. The second-order valence-electron chi connectivity index (χ2n) is 6.38. The first kappa shape index (κ1) is 22.4. The van der Waals surface area contributed by atoms with Crippen molar-refractivity contribution in [2.24, 2.45) is 4.99 Å². The van der Waals surface area contributed by atoms with E-state index in [2.05, 4.69) is 15.6 Å². The number of hydrogen-bond acceptors (Lipinski definition) is 5. The van der Waals surface area contributed by atoms with E-state index in [-0.39, 0.29) is 23.6 Å². The molecule has 0 radical (unpaired) electrons. The van der Waals surface area contributed by atoms with Crippen molar-refractivity contribution in [3.8, 4) is 0 Å². The summed E-state index contributed by atoms with van der Waals surface area (Å²) < 4.78 is 47.6. The van der Waals surface area contributed by atoms with Crippen LogP contribution in [0.1, 0.15) is 26.7 Å². The average molecular weight is 404 g/mol. The van der Waals surface area contributed by atoms with Crippen LogP contribution < -0.4 is 10.6 Å². The van der Waals surface area contributed by atoms with E-state index in [0.29, 0.717) is 23.7 Å². The van der Waals surface area contributed by atoms with Crippen molar-refractivity contribution < 1.29 is 16.8 Å². The van der Waals surface area contributed by atoms with E-state index >= 15 is 0 Å². The van der Waals surface area contributed by atoms with Crippen LogP contribution in [0.4, 0.5) is 0 Å². The van der Waals surface area contributed by atoms with E-state index in [9.17, 15) is 16.8 Å². The van der Waals surface area contributed by atoms with Gasteiger partial charge < -0.3 is 10.6 Å². The number of sulfone groups is 2. The zero-order valence-electron chi connectivity index (χ0n) is 15.8. The van der Waals surface area contributed by atoms with E-state index in [4.69, 9.17) is 0 Å². The summed E-state index contributed by atoms with van der Waals surface area (Å²) in [5, 5.41) is 6.23. The van der Waals surface area contributed by atoms with Crippen LogP contribution >= 0.6 is 0 Å². The third kappa shape index (κ3) is 8.18.